The van der Waals surface area contributed by atoms with E-state index in [1.165, 1.54) is 5.56 Å². The van der Waals surface area contributed by atoms with E-state index in [1.807, 2.05) is 23.0 Å². The Bertz CT molecular complexity index is 729. The zero-order valence-electron chi connectivity index (χ0n) is 18.1. The summed E-state index contributed by atoms with van der Waals surface area (Å²) in [4.78, 5) is 4.85. The highest BCUT2D eigenvalue weighted by Crippen LogP contribution is 2.30. The van der Waals surface area contributed by atoms with E-state index in [2.05, 4.69) is 61.6 Å². The van der Waals surface area contributed by atoms with E-state index < -0.39 is 0 Å². The Hall–Kier alpha value is -1.61. The summed E-state index contributed by atoms with van der Waals surface area (Å²) in [7, 11) is 0. The van der Waals surface area contributed by atoms with E-state index in [0.29, 0.717) is 6.54 Å². The number of aliphatic hydroxyl groups is 1. The number of halogens is 1. The average Bonchev–Trinajstić information content (AvgIpc) is 3.26. The van der Waals surface area contributed by atoms with Crippen LogP contribution in [-0.2, 0) is 0 Å². The molecule has 0 saturated carbocycles. The molecule has 1 heterocycles. The number of aliphatic hydroxyl groups excluding tert-OH is 1. The highest BCUT2D eigenvalue weighted by Gasteiger charge is 2.25. The first kappa shape index (κ1) is 25.4. The van der Waals surface area contributed by atoms with Gasteiger partial charge in [0.05, 0.1) is 11.7 Å². The maximum atomic E-state index is 9.44. The summed E-state index contributed by atoms with van der Waals surface area (Å²) in [6.07, 6.45) is 6.52. The minimum Gasteiger partial charge on any atom is -0.396 e. The molecule has 2 aromatic rings. The van der Waals surface area contributed by atoms with Crippen molar-refractivity contribution >= 4 is 29.9 Å². The average molecular weight is 513 g/mol. The van der Waals surface area contributed by atoms with E-state index in [-0.39, 0.29) is 42.0 Å². The van der Waals surface area contributed by atoms with Crippen LogP contribution in [0.1, 0.15) is 58.6 Å². The first-order valence-electron chi connectivity index (χ1n) is 10.3. The molecule has 0 aliphatic carbocycles. The van der Waals surface area contributed by atoms with Gasteiger partial charge in [-0.1, -0.05) is 26.0 Å². The molecule has 1 aromatic carbocycles. The third-order valence-electron chi connectivity index (χ3n) is 5.55. The highest BCUT2D eigenvalue weighted by atomic mass is 127. The molecule has 0 aliphatic rings. The van der Waals surface area contributed by atoms with Gasteiger partial charge in [0, 0.05) is 32.1 Å². The van der Waals surface area contributed by atoms with Crippen molar-refractivity contribution in [1.82, 2.24) is 20.4 Å². The summed E-state index contributed by atoms with van der Waals surface area (Å²) >= 11 is 0. The second-order valence-electron chi connectivity index (χ2n) is 7.29. The monoisotopic (exact) mass is 513 g/mol. The van der Waals surface area contributed by atoms with Gasteiger partial charge in [0.1, 0.15) is 0 Å². The number of hydrogen-bond acceptors (Lipinski definition) is 3. The minimum absolute atomic E-state index is 0. The van der Waals surface area contributed by atoms with Crippen LogP contribution in [0.3, 0.4) is 0 Å². The summed E-state index contributed by atoms with van der Waals surface area (Å²) in [5.41, 5.74) is 2.27. The van der Waals surface area contributed by atoms with E-state index in [4.69, 9.17) is 4.99 Å². The van der Waals surface area contributed by atoms with Crippen LogP contribution in [0, 0.1) is 5.41 Å². The highest BCUT2D eigenvalue weighted by molar-refractivity contribution is 14.0. The smallest absolute Gasteiger partial charge is 0.191 e. The molecule has 1 aromatic heterocycles. The van der Waals surface area contributed by atoms with Gasteiger partial charge in [-0.3, -0.25) is 4.99 Å². The van der Waals surface area contributed by atoms with Gasteiger partial charge in [0.25, 0.3) is 0 Å². The number of rotatable bonds is 10. The second-order valence-corrected chi connectivity index (χ2v) is 7.29. The van der Waals surface area contributed by atoms with E-state index >= 15 is 0 Å². The molecule has 0 amide bonds. The summed E-state index contributed by atoms with van der Waals surface area (Å²) in [5.74, 6) is 0.809. The summed E-state index contributed by atoms with van der Waals surface area (Å²) in [5, 5.41) is 20.6. The Balaban J connectivity index is 0.00000420. The van der Waals surface area contributed by atoms with Gasteiger partial charge in [-0.05, 0) is 62.3 Å². The largest absolute Gasteiger partial charge is 0.396 e. The first-order valence-corrected chi connectivity index (χ1v) is 10.3. The van der Waals surface area contributed by atoms with E-state index in [9.17, 15) is 5.11 Å². The Morgan fingerprint density at radius 2 is 2.00 bits per heavy atom. The Labute approximate surface area is 192 Å². The van der Waals surface area contributed by atoms with Crippen molar-refractivity contribution in [2.45, 2.75) is 53.0 Å². The molecule has 0 radical (unpaired) electrons. The van der Waals surface area contributed by atoms with Crippen molar-refractivity contribution in [1.29, 1.82) is 0 Å². The molecular formula is C22H36IN5O. The van der Waals surface area contributed by atoms with Crippen molar-refractivity contribution in [3.63, 3.8) is 0 Å². The van der Waals surface area contributed by atoms with Crippen molar-refractivity contribution < 1.29 is 5.11 Å². The molecular weight excluding hydrogens is 477 g/mol. The van der Waals surface area contributed by atoms with Crippen molar-refractivity contribution in [2.75, 3.05) is 19.7 Å². The van der Waals surface area contributed by atoms with Crippen LogP contribution in [-0.4, -0.2) is 40.5 Å². The third kappa shape index (κ3) is 7.29. The normalized spacial score (nSPS) is 12.9. The number of aliphatic imine (C=N–C) groups is 1. The third-order valence-corrected chi connectivity index (χ3v) is 5.55. The predicted molar refractivity (Wildman–Crippen MR) is 131 cm³/mol. The lowest BCUT2D eigenvalue weighted by Gasteiger charge is -2.30. The standard InChI is InChI=1S/C22H35N5O.HI/c1-5-22(6-2,12-15-28)17-24-21(23-7-3)26-18(4)19-10-8-11-20(16-19)27-14-9-13-25-27;/h8-11,13-14,16,18,28H,5-7,12,15,17H2,1-4H3,(H2,23,24,26);1H. The van der Waals surface area contributed by atoms with Crippen molar-refractivity contribution in [3.8, 4) is 5.69 Å². The predicted octanol–water partition coefficient (Wildman–Crippen LogP) is 4.30. The molecule has 0 spiro atoms. The summed E-state index contributed by atoms with van der Waals surface area (Å²) < 4.78 is 1.86. The molecule has 0 fully saturated rings. The Kier molecular flexibility index (Phi) is 11.3. The number of benzene rings is 1. The molecule has 2 rings (SSSR count). The molecule has 6 nitrogen and oxygen atoms in total. The zero-order valence-corrected chi connectivity index (χ0v) is 20.4. The van der Waals surface area contributed by atoms with Crippen molar-refractivity contribution in [3.05, 3.63) is 48.3 Å². The lowest BCUT2D eigenvalue weighted by Crippen LogP contribution is -2.40. The van der Waals surface area contributed by atoms with Crippen LogP contribution in [0.5, 0.6) is 0 Å². The SMILES string of the molecule is CCNC(=NCC(CC)(CC)CCO)NC(C)c1cccc(-n2cccn2)c1.I. The van der Waals surface area contributed by atoms with Crippen LogP contribution >= 0.6 is 24.0 Å². The van der Waals surface area contributed by atoms with Gasteiger partial charge in [-0.25, -0.2) is 4.68 Å². The van der Waals surface area contributed by atoms with Gasteiger partial charge in [0.15, 0.2) is 5.96 Å². The fourth-order valence-corrected chi connectivity index (χ4v) is 3.36. The lowest BCUT2D eigenvalue weighted by molar-refractivity contribution is 0.175. The van der Waals surface area contributed by atoms with Gasteiger partial charge >= 0.3 is 0 Å². The van der Waals surface area contributed by atoms with Crippen molar-refractivity contribution in [2.24, 2.45) is 10.4 Å². The van der Waals surface area contributed by atoms with Gasteiger partial charge < -0.3 is 15.7 Å². The topological polar surface area (TPSA) is 74.5 Å². The molecule has 0 saturated heterocycles. The molecule has 0 bridgehead atoms. The maximum Gasteiger partial charge on any atom is 0.191 e. The quantitative estimate of drug-likeness (QED) is 0.252. The van der Waals surface area contributed by atoms with E-state index in [0.717, 1.165) is 37.5 Å². The first-order chi connectivity index (χ1) is 13.6. The van der Waals surface area contributed by atoms with Crippen LogP contribution in [0.4, 0.5) is 0 Å². The molecule has 29 heavy (non-hydrogen) atoms. The molecule has 1 atom stereocenters. The van der Waals surface area contributed by atoms with E-state index in [1.54, 1.807) is 6.20 Å². The summed E-state index contributed by atoms with van der Waals surface area (Å²) in [6, 6.07) is 10.4. The van der Waals surface area contributed by atoms with Crippen LogP contribution in [0.2, 0.25) is 0 Å². The molecule has 162 valence electrons. The molecule has 0 aliphatic heterocycles. The molecule has 7 heteroatoms. The number of hydrogen-bond donors (Lipinski definition) is 3. The van der Waals surface area contributed by atoms with Crippen LogP contribution in [0.25, 0.3) is 5.69 Å². The fourth-order valence-electron chi connectivity index (χ4n) is 3.36. The molecule has 1 unspecified atom stereocenters. The number of guanidine groups is 1. The van der Waals surface area contributed by atoms with Crippen LogP contribution in [0.15, 0.2) is 47.7 Å². The maximum absolute atomic E-state index is 9.44. The second kappa shape index (κ2) is 12.8. The zero-order chi connectivity index (χ0) is 20.4. The molecule has 3 N–H and O–H groups in total. The van der Waals surface area contributed by atoms with Gasteiger partial charge in [0.2, 0.25) is 0 Å². The van der Waals surface area contributed by atoms with Gasteiger partial charge in [-0.15, -0.1) is 24.0 Å². The minimum atomic E-state index is 0. The Morgan fingerprint density at radius 3 is 2.59 bits per heavy atom. The fraction of sp³-hybridized carbons (Fsp3) is 0.545. The lowest BCUT2D eigenvalue weighted by atomic mass is 9.79. The Morgan fingerprint density at radius 1 is 1.24 bits per heavy atom. The summed E-state index contributed by atoms with van der Waals surface area (Å²) in [6.45, 7) is 10.3. The van der Waals surface area contributed by atoms with Gasteiger partial charge in [-0.2, -0.15) is 5.10 Å². The van der Waals surface area contributed by atoms with Crippen LogP contribution < -0.4 is 10.6 Å². The number of nitrogens with zero attached hydrogens (tertiary/aromatic N) is 3. The number of aromatic nitrogens is 2. The number of nitrogens with one attached hydrogen (secondary N) is 2.